The SMILES string of the molecule is O=C(NCCCCCN1CCCCC1)N1CCCC(CO)C1. The molecule has 0 radical (unpaired) electrons. The van der Waals surface area contributed by atoms with Gasteiger partial charge in [0, 0.05) is 26.2 Å². The number of aliphatic hydroxyl groups excluding tert-OH is 1. The molecule has 2 aliphatic heterocycles. The summed E-state index contributed by atoms with van der Waals surface area (Å²) in [6.45, 7) is 6.28. The maximum Gasteiger partial charge on any atom is 0.317 e. The van der Waals surface area contributed by atoms with Gasteiger partial charge in [0.2, 0.25) is 0 Å². The number of nitrogens with one attached hydrogen (secondary N) is 1. The lowest BCUT2D eigenvalue weighted by molar-refractivity contribution is 0.129. The number of hydrogen-bond donors (Lipinski definition) is 2. The summed E-state index contributed by atoms with van der Waals surface area (Å²) in [6.07, 6.45) is 9.67. The van der Waals surface area contributed by atoms with Gasteiger partial charge in [-0.15, -0.1) is 0 Å². The fourth-order valence-electron chi connectivity index (χ4n) is 3.53. The second-order valence-corrected chi connectivity index (χ2v) is 6.83. The first-order valence-corrected chi connectivity index (χ1v) is 9.15. The van der Waals surface area contributed by atoms with E-state index in [0.717, 1.165) is 32.4 Å². The van der Waals surface area contributed by atoms with Crippen LogP contribution in [0, 0.1) is 5.92 Å². The van der Waals surface area contributed by atoms with E-state index in [0.29, 0.717) is 6.54 Å². The van der Waals surface area contributed by atoms with Crippen LogP contribution in [0.4, 0.5) is 4.79 Å². The lowest BCUT2D eigenvalue weighted by atomic mass is 9.99. The van der Waals surface area contributed by atoms with Crippen molar-refractivity contribution in [2.24, 2.45) is 5.92 Å². The quantitative estimate of drug-likeness (QED) is 0.708. The van der Waals surface area contributed by atoms with Crippen molar-refractivity contribution >= 4 is 6.03 Å². The Balaban J connectivity index is 1.48. The molecule has 1 unspecified atom stereocenters. The minimum atomic E-state index is 0.0502. The zero-order chi connectivity index (χ0) is 15.6. The summed E-state index contributed by atoms with van der Waals surface area (Å²) in [5, 5.41) is 12.2. The third-order valence-corrected chi connectivity index (χ3v) is 4.94. The molecule has 0 aliphatic carbocycles. The molecular formula is C17H33N3O2. The third kappa shape index (κ3) is 6.13. The Labute approximate surface area is 135 Å². The van der Waals surface area contributed by atoms with Crippen molar-refractivity contribution in [1.82, 2.24) is 15.1 Å². The molecule has 2 fully saturated rings. The molecule has 2 amide bonds. The summed E-state index contributed by atoms with van der Waals surface area (Å²) in [6, 6.07) is 0.0502. The molecule has 2 heterocycles. The zero-order valence-electron chi connectivity index (χ0n) is 13.9. The van der Waals surface area contributed by atoms with E-state index in [1.807, 2.05) is 4.90 Å². The molecule has 0 aromatic heterocycles. The van der Waals surface area contributed by atoms with Crippen LogP contribution in [0.25, 0.3) is 0 Å². The average molecular weight is 311 g/mol. The fourth-order valence-corrected chi connectivity index (χ4v) is 3.53. The maximum atomic E-state index is 12.1. The van der Waals surface area contributed by atoms with Gasteiger partial charge in [-0.2, -0.15) is 0 Å². The van der Waals surface area contributed by atoms with E-state index in [2.05, 4.69) is 10.2 Å². The molecule has 0 saturated carbocycles. The van der Waals surface area contributed by atoms with Crippen molar-refractivity contribution in [3.8, 4) is 0 Å². The van der Waals surface area contributed by atoms with Crippen LogP contribution in [0.5, 0.6) is 0 Å². The Hall–Kier alpha value is -0.810. The average Bonchev–Trinajstić information content (AvgIpc) is 2.58. The Morgan fingerprint density at radius 1 is 1.05 bits per heavy atom. The van der Waals surface area contributed by atoms with E-state index in [1.54, 1.807) is 0 Å². The van der Waals surface area contributed by atoms with Gasteiger partial charge in [0.05, 0.1) is 0 Å². The largest absolute Gasteiger partial charge is 0.396 e. The highest BCUT2D eigenvalue weighted by atomic mass is 16.3. The van der Waals surface area contributed by atoms with Gasteiger partial charge in [-0.1, -0.05) is 12.8 Å². The summed E-state index contributed by atoms with van der Waals surface area (Å²) in [4.78, 5) is 16.5. The van der Waals surface area contributed by atoms with Gasteiger partial charge in [0.1, 0.15) is 0 Å². The monoisotopic (exact) mass is 311 g/mol. The van der Waals surface area contributed by atoms with Crippen molar-refractivity contribution in [2.45, 2.75) is 51.4 Å². The number of piperidine rings is 2. The molecule has 2 aliphatic rings. The molecule has 5 heteroatoms. The van der Waals surface area contributed by atoms with E-state index in [4.69, 9.17) is 0 Å². The summed E-state index contributed by atoms with van der Waals surface area (Å²) in [5.41, 5.74) is 0. The number of rotatable bonds is 7. The minimum absolute atomic E-state index is 0.0502. The Morgan fingerprint density at radius 2 is 1.86 bits per heavy atom. The van der Waals surface area contributed by atoms with Gasteiger partial charge in [0.15, 0.2) is 0 Å². The van der Waals surface area contributed by atoms with Gasteiger partial charge in [-0.05, 0) is 64.1 Å². The fraction of sp³-hybridized carbons (Fsp3) is 0.941. The first kappa shape index (κ1) is 17.5. The lowest BCUT2D eigenvalue weighted by Crippen LogP contribution is -2.46. The zero-order valence-corrected chi connectivity index (χ0v) is 13.9. The number of aliphatic hydroxyl groups is 1. The number of carbonyl (C=O) groups excluding carboxylic acids is 1. The number of amides is 2. The summed E-state index contributed by atoms with van der Waals surface area (Å²) in [5.74, 6) is 0.268. The number of unbranched alkanes of at least 4 members (excludes halogenated alkanes) is 2. The van der Waals surface area contributed by atoms with Gasteiger partial charge in [-0.25, -0.2) is 4.79 Å². The van der Waals surface area contributed by atoms with Crippen LogP contribution in [-0.2, 0) is 0 Å². The second kappa shape index (κ2) is 10.1. The maximum absolute atomic E-state index is 12.1. The second-order valence-electron chi connectivity index (χ2n) is 6.83. The number of hydrogen-bond acceptors (Lipinski definition) is 3. The van der Waals surface area contributed by atoms with E-state index in [-0.39, 0.29) is 18.6 Å². The number of carbonyl (C=O) groups is 1. The summed E-state index contributed by atoms with van der Waals surface area (Å²) >= 11 is 0. The van der Waals surface area contributed by atoms with Gasteiger partial charge in [0.25, 0.3) is 0 Å². The van der Waals surface area contributed by atoms with Crippen LogP contribution in [0.15, 0.2) is 0 Å². The van der Waals surface area contributed by atoms with E-state index in [1.165, 1.54) is 51.7 Å². The smallest absolute Gasteiger partial charge is 0.317 e. The summed E-state index contributed by atoms with van der Waals surface area (Å²) in [7, 11) is 0. The molecule has 0 aromatic rings. The molecule has 5 nitrogen and oxygen atoms in total. The van der Waals surface area contributed by atoms with Crippen molar-refractivity contribution in [3.05, 3.63) is 0 Å². The topological polar surface area (TPSA) is 55.8 Å². The van der Waals surface area contributed by atoms with Crippen molar-refractivity contribution in [3.63, 3.8) is 0 Å². The highest BCUT2D eigenvalue weighted by Gasteiger charge is 2.22. The number of nitrogens with zero attached hydrogens (tertiary/aromatic N) is 2. The van der Waals surface area contributed by atoms with Crippen LogP contribution in [0.3, 0.4) is 0 Å². The Bertz CT molecular complexity index is 319. The number of likely N-dealkylation sites (tertiary alicyclic amines) is 2. The molecule has 2 N–H and O–H groups in total. The predicted octanol–water partition coefficient (Wildman–Crippen LogP) is 2.06. The highest BCUT2D eigenvalue weighted by Crippen LogP contribution is 2.15. The predicted molar refractivity (Wildman–Crippen MR) is 88.9 cm³/mol. The van der Waals surface area contributed by atoms with E-state index >= 15 is 0 Å². The lowest BCUT2D eigenvalue weighted by Gasteiger charge is -2.31. The van der Waals surface area contributed by atoms with Crippen molar-refractivity contribution in [2.75, 3.05) is 45.9 Å². The first-order chi connectivity index (χ1) is 10.8. The Kier molecular flexibility index (Phi) is 8.02. The summed E-state index contributed by atoms with van der Waals surface area (Å²) < 4.78 is 0. The van der Waals surface area contributed by atoms with Crippen LogP contribution >= 0.6 is 0 Å². The molecule has 2 rings (SSSR count). The highest BCUT2D eigenvalue weighted by molar-refractivity contribution is 5.74. The molecule has 0 bridgehead atoms. The molecule has 0 aromatic carbocycles. The molecule has 0 spiro atoms. The van der Waals surface area contributed by atoms with Crippen LogP contribution in [0.2, 0.25) is 0 Å². The molecule has 1 atom stereocenters. The molecule has 22 heavy (non-hydrogen) atoms. The standard InChI is InChI=1S/C17H33N3O2/c21-15-16-8-7-13-20(14-16)17(22)18-9-3-1-4-10-19-11-5-2-6-12-19/h16,21H,1-15H2,(H,18,22). The first-order valence-electron chi connectivity index (χ1n) is 9.15. The normalized spacial score (nSPS) is 23.5. The van der Waals surface area contributed by atoms with Crippen molar-refractivity contribution in [1.29, 1.82) is 0 Å². The Morgan fingerprint density at radius 3 is 2.64 bits per heavy atom. The minimum Gasteiger partial charge on any atom is -0.396 e. The van der Waals surface area contributed by atoms with Crippen LogP contribution in [0.1, 0.15) is 51.4 Å². The van der Waals surface area contributed by atoms with Crippen molar-refractivity contribution < 1.29 is 9.90 Å². The number of urea groups is 1. The van der Waals surface area contributed by atoms with Crippen LogP contribution in [-0.4, -0.2) is 66.8 Å². The van der Waals surface area contributed by atoms with Gasteiger partial charge in [-0.3, -0.25) is 0 Å². The molecular weight excluding hydrogens is 278 g/mol. The van der Waals surface area contributed by atoms with Gasteiger partial charge >= 0.3 is 6.03 Å². The molecule has 128 valence electrons. The van der Waals surface area contributed by atoms with Crippen LogP contribution < -0.4 is 5.32 Å². The van der Waals surface area contributed by atoms with E-state index in [9.17, 15) is 9.90 Å². The van der Waals surface area contributed by atoms with E-state index < -0.39 is 0 Å². The van der Waals surface area contributed by atoms with Gasteiger partial charge < -0.3 is 20.2 Å². The molecule has 2 saturated heterocycles. The third-order valence-electron chi connectivity index (χ3n) is 4.94.